The molecule has 2 aromatic carbocycles. The molecule has 0 aliphatic rings. The van der Waals surface area contributed by atoms with Crippen molar-refractivity contribution in [2.75, 3.05) is 13.2 Å². The van der Waals surface area contributed by atoms with Crippen molar-refractivity contribution in [3.05, 3.63) is 64.4 Å². The van der Waals surface area contributed by atoms with Crippen LogP contribution in [-0.2, 0) is 17.6 Å². The summed E-state index contributed by atoms with van der Waals surface area (Å²) in [6, 6.07) is 12.3. The quantitative estimate of drug-likeness (QED) is 0.663. The van der Waals surface area contributed by atoms with E-state index >= 15 is 0 Å². The molecule has 0 spiro atoms. The highest BCUT2D eigenvalue weighted by molar-refractivity contribution is 6.30. The molecule has 134 valence electrons. The minimum Gasteiger partial charge on any atom is -0.493 e. The number of carbonyl (C=O) groups excluding carboxylic acids is 1. The highest BCUT2D eigenvalue weighted by atomic mass is 35.5. The van der Waals surface area contributed by atoms with Gasteiger partial charge in [0.2, 0.25) is 5.91 Å². The summed E-state index contributed by atoms with van der Waals surface area (Å²) in [5.41, 5.74) is 1.48. The molecular formula is C20H23ClFNO2. The number of halogens is 2. The molecular weight excluding hydrogens is 341 g/mol. The Labute approximate surface area is 153 Å². The Morgan fingerprint density at radius 2 is 2.00 bits per heavy atom. The number of ether oxygens (including phenoxy) is 1. The third kappa shape index (κ3) is 6.39. The van der Waals surface area contributed by atoms with E-state index in [4.69, 9.17) is 16.3 Å². The monoisotopic (exact) mass is 363 g/mol. The second kappa shape index (κ2) is 10.0. The number of hydrogen-bond acceptors (Lipinski definition) is 2. The predicted molar refractivity (Wildman–Crippen MR) is 98.7 cm³/mol. The maximum absolute atomic E-state index is 13.7. The zero-order valence-corrected chi connectivity index (χ0v) is 15.1. The molecule has 0 aliphatic heterocycles. The third-order valence-electron chi connectivity index (χ3n) is 3.75. The van der Waals surface area contributed by atoms with Gasteiger partial charge in [0.05, 0.1) is 13.0 Å². The predicted octanol–water partition coefficient (Wildman–Crippen LogP) is 4.56. The highest BCUT2D eigenvalue weighted by Gasteiger charge is 2.09. The summed E-state index contributed by atoms with van der Waals surface area (Å²) >= 11 is 5.71. The molecule has 0 aromatic heterocycles. The summed E-state index contributed by atoms with van der Waals surface area (Å²) in [5, 5.41) is 3.15. The van der Waals surface area contributed by atoms with E-state index in [0.29, 0.717) is 23.7 Å². The summed E-state index contributed by atoms with van der Waals surface area (Å²) in [6.45, 7) is 3.30. The zero-order chi connectivity index (χ0) is 18.1. The van der Waals surface area contributed by atoms with Gasteiger partial charge in [-0.05, 0) is 48.6 Å². The van der Waals surface area contributed by atoms with E-state index in [-0.39, 0.29) is 12.3 Å². The van der Waals surface area contributed by atoms with E-state index in [9.17, 15) is 9.18 Å². The highest BCUT2D eigenvalue weighted by Crippen LogP contribution is 2.19. The van der Waals surface area contributed by atoms with Crippen molar-refractivity contribution in [1.29, 1.82) is 0 Å². The van der Waals surface area contributed by atoms with Crippen LogP contribution >= 0.6 is 11.6 Å². The van der Waals surface area contributed by atoms with E-state index in [0.717, 1.165) is 30.6 Å². The lowest BCUT2D eigenvalue weighted by molar-refractivity contribution is -0.120. The molecule has 0 atom stereocenters. The Balaban J connectivity index is 1.76. The van der Waals surface area contributed by atoms with Crippen LogP contribution in [0.25, 0.3) is 0 Å². The lowest BCUT2D eigenvalue weighted by Crippen LogP contribution is -2.26. The molecule has 0 unspecified atom stereocenters. The normalized spacial score (nSPS) is 10.5. The van der Waals surface area contributed by atoms with E-state index < -0.39 is 5.82 Å². The minimum atomic E-state index is -0.454. The molecule has 5 heteroatoms. The third-order valence-corrected chi connectivity index (χ3v) is 3.98. The maximum atomic E-state index is 13.7. The van der Waals surface area contributed by atoms with Gasteiger partial charge in [-0.3, -0.25) is 4.79 Å². The molecule has 2 rings (SSSR count). The lowest BCUT2D eigenvalue weighted by atomic mass is 10.1. The smallest absolute Gasteiger partial charge is 0.224 e. The van der Waals surface area contributed by atoms with Crippen LogP contribution in [0.15, 0.2) is 42.5 Å². The summed E-state index contributed by atoms with van der Waals surface area (Å²) in [5.74, 6) is 0.250. The molecule has 0 fully saturated rings. The number of nitrogens with one attached hydrogen (secondary N) is 1. The second-order valence-electron chi connectivity index (χ2n) is 5.82. The van der Waals surface area contributed by atoms with Crippen LogP contribution in [0.5, 0.6) is 5.75 Å². The van der Waals surface area contributed by atoms with E-state index in [1.807, 2.05) is 24.3 Å². The SMILES string of the molecule is CCCOc1ccccc1CCCNC(=O)Cc1ccc(Cl)cc1F. The van der Waals surface area contributed by atoms with Gasteiger partial charge in [0.15, 0.2) is 0 Å². The van der Waals surface area contributed by atoms with Crippen LogP contribution in [0.4, 0.5) is 4.39 Å². The van der Waals surface area contributed by atoms with Crippen molar-refractivity contribution in [2.45, 2.75) is 32.6 Å². The number of para-hydroxylation sites is 1. The first kappa shape index (κ1) is 19.3. The first-order valence-corrected chi connectivity index (χ1v) is 8.89. The molecule has 25 heavy (non-hydrogen) atoms. The first-order chi connectivity index (χ1) is 12.1. The van der Waals surface area contributed by atoms with Gasteiger partial charge in [-0.15, -0.1) is 0 Å². The molecule has 0 aliphatic carbocycles. The Morgan fingerprint density at radius 3 is 2.76 bits per heavy atom. The second-order valence-corrected chi connectivity index (χ2v) is 6.26. The standard InChI is InChI=1S/C20H23ClFNO2/c1-2-12-25-19-8-4-3-6-15(19)7-5-11-23-20(24)13-16-9-10-17(21)14-18(16)22/h3-4,6,8-10,14H,2,5,7,11-13H2,1H3,(H,23,24). The van der Waals surface area contributed by atoms with Crippen molar-refractivity contribution in [3.63, 3.8) is 0 Å². The number of rotatable bonds is 9. The Bertz CT molecular complexity index is 706. The van der Waals surface area contributed by atoms with Gasteiger partial charge >= 0.3 is 0 Å². The van der Waals surface area contributed by atoms with Gasteiger partial charge in [-0.25, -0.2) is 4.39 Å². The molecule has 0 saturated carbocycles. The van der Waals surface area contributed by atoms with Gasteiger partial charge < -0.3 is 10.1 Å². The number of aryl methyl sites for hydroxylation is 1. The fraction of sp³-hybridized carbons (Fsp3) is 0.350. The van der Waals surface area contributed by atoms with Crippen LogP contribution in [-0.4, -0.2) is 19.1 Å². The zero-order valence-electron chi connectivity index (χ0n) is 14.4. The van der Waals surface area contributed by atoms with Crippen molar-refractivity contribution >= 4 is 17.5 Å². The van der Waals surface area contributed by atoms with Crippen LogP contribution in [0.1, 0.15) is 30.9 Å². The molecule has 0 radical (unpaired) electrons. The molecule has 0 bridgehead atoms. The Hall–Kier alpha value is -2.07. The van der Waals surface area contributed by atoms with Gasteiger partial charge in [-0.2, -0.15) is 0 Å². The summed E-state index contributed by atoms with van der Waals surface area (Å²) < 4.78 is 19.4. The average molecular weight is 364 g/mol. The average Bonchev–Trinajstić information content (AvgIpc) is 2.60. The van der Waals surface area contributed by atoms with Crippen molar-refractivity contribution < 1.29 is 13.9 Å². The lowest BCUT2D eigenvalue weighted by Gasteiger charge is -2.11. The van der Waals surface area contributed by atoms with E-state index in [1.165, 1.54) is 6.07 Å². The maximum Gasteiger partial charge on any atom is 0.224 e. The molecule has 3 nitrogen and oxygen atoms in total. The fourth-order valence-electron chi connectivity index (χ4n) is 2.47. The van der Waals surface area contributed by atoms with Gasteiger partial charge in [0.25, 0.3) is 0 Å². The van der Waals surface area contributed by atoms with Crippen molar-refractivity contribution in [1.82, 2.24) is 5.32 Å². The Morgan fingerprint density at radius 1 is 1.20 bits per heavy atom. The molecule has 2 aromatic rings. The van der Waals surface area contributed by atoms with Crippen molar-refractivity contribution in [3.8, 4) is 5.75 Å². The van der Waals surface area contributed by atoms with Gasteiger partial charge in [0.1, 0.15) is 11.6 Å². The van der Waals surface area contributed by atoms with E-state index in [2.05, 4.69) is 12.2 Å². The molecule has 1 N–H and O–H groups in total. The number of carbonyl (C=O) groups is 1. The number of amides is 1. The van der Waals surface area contributed by atoms with Crippen molar-refractivity contribution in [2.24, 2.45) is 0 Å². The van der Waals surface area contributed by atoms with Crippen LogP contribution in [0, 0.1) is 5.82 Å². The minimum absolute atomic E-state index is 0.0131. The molecule has 0 saturated heterocycles. The summed E-state index contributed by atoms with van der Waals surface area (Å²) in [4.78, 5) is 11.9. The largest absolute Gasteiger partial charge is 0.493 e. The molecule has 0 heterocycles. The van der Waals surface area contributed by atoms with Crippen LogP contribution in [0.3, 0.4) is 0 Å². The Kier molecular flexibility index (Phi) is 7.74. The fourth-order valence-corrected chi connectivity index (χ4v) is 2.63. The first-order valence-electron chi connectivity index (χ1n) is 8.51. The summed E-state index contributed by atoms with van der Waals surface area (Å²) in [7, 11) is 0. The number of benzene rings is 2. The van der Waals surface area contributed by atoms with Crippen LogP contribution in [0.2, 0.25) is 5.02 Å². The van der Waals surface area contributed by atoms with Gasteiger partial charge in [0, 0.05) is 11.6 Å². The van der Waals surface area contributed by atoms with Gasteiger partial charge in [-0.1, -0.05) is 42.8 Å². The molecule has 1 amide bonds. The van der Waals surface area contributed by atoms with E-state index in [1.54, 1.807) is 12.1 Å². The topological polar surface area (TPSA) is 38.3 Å². The van der Waals surface area contributed by atoms with Crippen LogP contribution < -0.4 is 10.1 Å². The number of hydrogen-bond donors (Lipinski definition) is 1. The summed E-state index contributed by atoms with van der Waals surface area (Å²) in [6.07, 6.45) is 2.58.